The van der Waals surface area contributed by atoms with Crippen LogP contribution in [0.2, 0.25) is 10.0 Å². The number of amides is 1. The van der Waals surface area contributed by atoms with Crippen LogP contribution in [0.5, 0.6) is 5.75 Å². The van der Waals surface area contributed by atoms with Gasteiger partial charge in [-0.15, -0.1) is 0 Å². The molecule has 2 aliphatic heterocycles. The van der Waals surface area contributed by atoms with Crippen molar-refractivity contribution in [2.75, 3.05) is 32.3 Å². The maximum Gasteiger partial charge on any atom is 0.312 e. The summed E-state index contributed by atoms with van der Waals surface area (Å²) in [5, 5.41) is 7.55. The van der Waals surface area contributed by atoms with Crippen LogP contribution in [0, 0.1) is 0 Å². The lowest BCUT2D eigenvalue weighted by molar-refractivity contribution is -0.931. The van der Waals surface area contributed by atoms with Crippen molar-refractivity contribution in [3.05, 3.63) is 58.1 Å². The van der Waals surface area contributed by atoms with Crippen molar-refractivity contribution in [3.8, 4) is 5.75 Å². The molecule has 0 radical (unpaired) electrons. The lowest BCUT2D eigenvalue weighted by Crippen LogP contribution is -3.00. The number of halogens is 3. The van der Waals surface area contributed by atoms with Gasteiger partial charge in [0, 0.05) is 24.3 Å². The number of rotatable bonds is 5. The van der Waals surface area contributed by atoms with Crippen LogP contribution in [-0.4, -0.2) is 43.5 Å². The van der Waals surface area contributed by atoms with Gasteiger partial charge in [-0.2, -0.15) is 10.5 Å². The molecule has 1 fully saturated rings. The highest BCUT2D eigenvalue weighted by Crippen LogP contribution is 2.40. The van der Waals surface area contributed by atoms with E-state index in [4.69, 9.17) is 33.0 Å². The molecule has 0 aromatic heterocycles. The van der Waals surface area contributed by atoms with Crippen LogP contribution in [0.4, 0.5) is 5.69 Å². The van der Waals surface area contributed by atoms with Crippen LogP contribution < -0.4 is 39.1 Å². The normalized spacial score (nSPS) is 19.5. The molecule has 1 saturated heterocycles. The van der Waals surface area contributed by atoms with Gasteiger partial charge in [0.15, 0.2) is 0 Å². The standard InChI is InChI=1S/C22H24Cl2N4O2.HI/c1-28(11-3-4-12-28)26-22(29)19-14-21(15-5-8-17(30-2)9-6-15)27(25-19)20-10-7-16(23)13-18(20)24;/h5-10,13,21H,3-4,11-12,14H2,1-2H3;1H. The van der Waals surface area contributed by atoms with Crippen LogP contribution in [0.15, 0.2) is 47.6 Å². The molecule has 9 heteroatoms. The second-order valence-electron chi connectivity index (χ2n) is 7.97. The maximum atomic E-state index is 13.0. The molecule has 2 aliphatic rings. The third-order valence-corrected chi connectivity index (χ3v) is 6.29. The first-order valence-electron chi connectivity index (χ1n) is 10.0. The number of nitrogens with zero attached hydrogens (tertiary/aromatic N) is 3. The molecular formula is C22H25Cl2IN4O2. The second-order valence-corrected chi connectivity index (χ2v) is 8.81. The summed E-state index contributed by atoms with van der Waals surface area (Å²) in [7, 11) is 3.69. The smallest absolute Gasteiger partial charge is 0.312 e. The molecule has 2 aromatic rings. The Morgan fingerprint density at radius 2 is 1.84 bits per heavy atom. The fraction of sp³-hybridized carbons (Fsp3) is 0.364. The summed E-state index contributed by atoms with van der Waals surface area (Å²) in [4.78, 5) is 13.0. The summed E-state index contributed by atoms with van der Waals surface area (Å²) < 4.78 is 5.82. The summed E-state index contributed by atoms with van der Waals surface area (Å²) in [5.74, 6) is 0.642. The zero-order valence-corrected chi connectivity index (χ0v) is 21.1. The quantitative estimate of drug-likeness (QED) is 0.436. The number of benzene rings is 2. The van der Waals surface area contributed by atoms with Crippen molar-refractivity contribution in [1.82, 2.24) is 5.43 Å². The number of quaternary nitrogens is 1. The minimum Gasteiger partial charge on any atom is -1.00 e. The molecule has 1 amide bonds. The van der Waals surface area contributed by atoms with Gasteiger partial charge in [-0.05, 0) is 35.9 Å². The van der Waals surface area contributed by atoms with Crippen molar-refractivity contribution in [1.29, 1.82) is 0 Å². The fourth-order valence-electron chi connectivity index (χ4n) is 4.08. The van der Waals surface area contributed by atoms with Gasteiger partial charge < -0.3 is 28.7 Å². The van der Waals surface area contributed by atoms with Gasteiger partial charge in [0.2, 0.25) is 0 Å². The first-order valence-corrected chi connectivity index (χ1v) is 10.8. The van der Waals surface area contributed by atoms with Crippen LogP contribution in [-0.2, 0) is 4.79 Å². The molecule has 166 valence electrons. The first-order chi connectivity index (χ1) is 14.4. The SMILES string of the molecule is COc1ccc(C2CC(C(=O)N[N+]3(C)CCCC3)=NN2c2ccc(Cl)cc2Cl)cc1.[I-]. The number of hydrogen-bond donors (Lipinski definition) is 1. The molecule has 1 atom stereocenters. The second kappa shape index (κ2) is 9.94. The lowest BCUT2D eigenvalue weighted by atomic mass is 10.0. The summed E-state index contributed by atoms with van der Waals surface area (Å²) in [5.41, 5.74) is 5.38. The largest absolute Gasteiger partial charge is 1.00 e. The van der Waals surface area contributed by atoms with Gasteiger partial charge in [0.05, 0.1) is 30.9 Å². The zero-order chi connectivity index (χ0) is 21.3. The molecular weight excluding hydrogens is 550 g/mol. The molecule has 0 bridgehead atoms. The van der Waals surface area contributed by atoms with E-state index in [0.717, 1.165) is 37.2 Å². The minimum atomic E-state index is -0.154. The van der Waals surface area contributed by atoms with Crippen molar-refractivity contribution in [3.63, 3.8) is 0 Å². The molecule has 2 aromatic carbocycles. The average Bonchev–Trinajstić information content (AvgIpc) is 3.35. The van der Waals surface area contributed by atoms with Gasteiger partial charge in [-0.3, -0.25) is 9.80 Å². The molecule has 31 heavy (non-hydrogen) atoms. The molecule has 1 unspecified atom stereocenters. The number of nitrogens with one attached hydrogen (secondary N) is 1. The van der Waals surface area contributed by atoms with Crippen LogP contribution in [0.1, 0.15) is 30.9 Å². The molecule has 0 aliphatic carbocycles. The number of ether oxygens (including phenoxy) is 1. The fourth-order valence-corrected chi connectivity index (χ4v) is 4.57. The van der Waals surface area contributed by atoms with E-state index in [1.807, 2.05) is 35.3 Å². The summed E-state index contributed by atoms with van der Waals surface area (Å²) >= 11 is 12.6. The van der Waals surface area contributed by atoms with Crippen LogP contribution >= 0.6 is 23.2 Å². The Morgan fingerprint density at radius 3 is 2.45 bits per heavy atom. The number of carbonyl (C=O) groups excluding carboxylic acids is 1. The predicted molar refractivity (Wildman–Crippen MR) is 120 cm³/mol. The number of likely N-dealkylation sites (tertiary alicyclic amines) is 1. The van der Waals surface area contributed by atoms with E-state index in [1.165, 1.54) is 0 Å². The van der Waals surface area contributed by atoms with Crippen molar-refractivity contribution in [2.24, 2.45) is 5.10 Å². The van der Waals surface area contributed by atoms with E-state index in [2.05, 4.69) is 12.5 Å². The minimum absolute atomic E-state index is 0. The number of anilines is 1. The van der Waals surface area contributed by atoms with Crippen molar-refractivity contribution in [2.45, 2.75) is 25.3 Å². The van der Waals surface area contributed by atoms with Crippen molar-refractivity contribution < 1.29 is 38.1 Å². The summed E-state index contributed by atoms with van der Waals surface area (Å²) in [6.45, 7) is 1.88. The molecule has 0 spiro atoms. The van der Waals surface area contributed by atoms with E-state index in [-0.39, 0.29) is 35.9 Å². The van der Waals surface area contributed by atoms with E-state index >= 15 is 0 Å². The summed E-state index contributed by atoms with van der Waals surface area (Å²) in [6, 6.07) is 12.9. The van der Waals surface area contributed by atoms with Crippen molar-refractivity contribution >= 4 is 40.5 Å². The van der Waals surface area contributed by atoms with Crippen LogP contribution in [0.3, 0.4) is 0 Å². The molecule has 4 rings (SSSR count). The Hall–Kier alpha value is -1.55. The first kappa shape index (κ1) is 24.1. The Bertz CT molecular complexity index is 978. The number of carbonyl (C=O) groups is 1. The van der Waals surface area contributed by atoms with E-state index < -0.39 is 0 Å². The Kier molecular flexibility index (Phi) is 7.72. The topological polar surface area (TPSA) is 53.9 Å². The van der Waals surface area contributed by atoms with E-state index in [9.17, 15) is 4.79 Å². The molecule has 2 heterocycles. The Labute approximate surface area is 209 Å². The molecule has 6 nitrogen and oxygen atoms in total. The van der Waals surface area contributed by atoms with Gasteiger partial charge in [-0.1, -0.05) is 35.3 Å². The van der Waals surface area contributed by atoms with Crippen LogP contribution in [0.25, 0.3) is 0 Å². The summed E-state index contributed by atoms with van der Waals surface area (Å²) in [6.07, 6.45) is 2.71. The highest BCUT2D eigenvalue weighted by atomic mass is 127. The number of methoxy groups -OCH3 is 1. The number of hydrogen-bond acceptors (Lipinski definition) is 4. The lowest BCUT2D eigenvalue weighted by Gasteiger charge is -2.28. The third kappa shape index (κ3) is 5.27. The van der Waals surface area contributed by atoms with Gasteiger partial charge >= 0.3 is 5.91 Å². The van der Waals surface area contributed by atoms with Gasteiger partial charge in [0.25, 0.3) is 0 Å². The Balaban J connectivity index is 0.00000272. The van der Waals surface area contributed by atoms with E-state index in [0.29, 0.717) is 32.5 Å². The maximum absolute atomic E-state index is 13.0. The Morgan fingerprint density at radius 1 is 1.16 bits per heavy atom. The van der Waals surface area contributed by atoms with E-state index in [1.54, 1.807) is 19.2 Å². The number of hydrazone groups is 1. The highest BCUT2D eigenvalue weighted by molar-refractivity contribution is 6.40. The highest BCUT2D eigenvalue weighted by Gasteiger charge is 2.37. The monoisotopic (exact) mass is 574 g/mol. The molecule has 0 saturated carbocycles. The van der Waals surface area contributed by atoms with Gasteiger partial charge in [-0.25, -0.2) is 4.59 Å². The predicted octanol–water partition coefficient (Wildman–Crippen LogP) is 1.58. The zero-order valence-electron chi connectivity index (χ0n) is 17.4. The molecule has 1 N–H and O–H groups in total. The van der Waals surface area contributed by atoms with Gasteiger partial charge in [0.1, 0.15) is 24.6 Å². The third-order valence-electron chi connectivity index (χ3n) is 5.75. The average molecular weight is 575 g/mol.